The number of nitrogens with one attached hydrogen (secondary N) is 1. The summed E-state index contributed by atoms with van der Waals surface area (Å²) in [4.78, 5) is 0. The van der Waals surface area contributed by atoms with Crippen LogP contribution in [0.5, 0.6) is 0 Å². The van der Waals surface area contributed by atoms with Gasteiger partial charge in [-0.15, -0.1) is 0 Å². The highest BCUT2D eigenvalue weighted by atomic mass is 14.9. The maximum absolute atomic E-state index is 3.58. The molecule has 0 amide bonds. The summed E-state index contributed by atoms with van der Waals surface area (Å²) in [5, 5.41) is 3.58. The summed E-state index contributed by atoms with van der Waals surface area (Å²) < 4.78 is 0. The molecule has 2 rings (SSSR count). The van der Waals surface area contributed by atoms with Crippen LogP contribution >= 0.6 is 0 Å². The molecule has 2 aliphatic carbocycles. The van der Waals surface area contributed by atoms with Crippen LogP contribution in [0.2, 0.25) is 0 Å². The van der Waals surface area contributed by atoms with Gasteiger partial charge in [0.25, 0.3) is 0 Å². The quantitative estimate of drug-likeness (QED) is 0.621. The van der Waals surface area contributed by atoms with Crippen LogP contribution in [0.15, 0.2) is 0 Å². The highest BCUT2D eigenvalue weighted by Gasteiger charge is 2.20. The molecule has 12 heavy (non-hydrogen) atoms. The van der Waals surface area contributed by atoms with Gasteiger partial charge in [0.15, 0.2) is 0 Å². The first-order valence-electron chi connectivity index (χ1n) is 5.68. The second kappa shape index (κ2) is 4.27. The van der Waals surface area contributed by atoms with E-state index in [1.54, 1.807) is 0 Å². The number of hydrogen-bond acceptors (Lipinski definition) is 1. The van der Waals surface area contributed by atoms with Crippen LogP contribution in [0, 0.1) is 5.92 Å². The normalized spacial score (nSPS) is 25.0. The van der Waals surface area contributed by atoms with Crippen molar-refractivity contribution in [3.63, 3.8) is 0 Å². The van der Waals surface area contributed by atoms with Crippen molar-refractivity contribution in [3.05, 3.63) is 0 Å². The Morgan fingerprint density at radius 2 is 1.75 bits per heavy atom. The van der Waals surface area contributed by atoms with Crippen molar-refractivity contribution < 1.29 is 0 Å². The Morgan fingerprint density at radius 3 is 2.42 bits per heavy atom. The van der Waals surface area contributed by atoms with Gasteiger partial charge in [0.1, 0.15) is 0 Å². The average molecular weight is 167 g/mol. The fourth-order valence-electron chi connectivity index (χ4n) is 2.28. The monoisotopic (exact) mass is 167 g/mol. The predicted molar refractivity (Wildman–Crippen MR) is 52.2 cm³/mol. The molecule has 0 aromatic rings. The maximum atomic E-state index is 3.58. The zero-order valence-corrected chi connectivity index (χ0v) is 8.02. The number of rotatable bonds is 5. The molecular formula is C11H21N. The molecule has 0 atom stereocenters. The van der Waals surface area contributed by atoms with E-state index < -0.39 is 0 Å². The van der Waals surface area contributed by atoms with Crippen molar-refractivity contribution >= 4 is 0 Å². The largest absolute Gasteiger partial charge is 0.314 e. The smallest absolute Gasteiger partial charge is 0.00682 e. The van der Waals surface area contributed by atoms with Crippen molar-refractivity contribution in [1.82, 2.24) is 5.32 Å². The maximum Gasteiger partial charge on any atom is 0.00682 e. The minimum atomic E-state index is 0.911. The summed E-state index contributed by atoms with van der Waals surface area (Å²) in [6.07, 6.45) is 11.8. The Labute approximate surface area is 75.9 Å². The van der Waals surface area contributed by atoms with Gasteiger partial charge in [-0.25, -0.2) is 0 Å². The van der Waals surface area contributed by atoms with E-state index in [1.165, 1.54) is 57.9 Å². The van der Waals surface area contributed by atoms with Crippen LogP contribution in [0.4, 0.5) is 0 Å². The van der Waals surface area contributed by atoms with E-state index in [0.717, 1.165) is 12.0 Å². The van der Waals surface area contributed by atoms with Crippen LogP contribution in [0.25, 0.3) is 0 Å². The summed E-state index contributed by atoms with van der Waals surface area (Å²) in [6, 6.07) is 0.911. The van der Waals surface area contributed by atoms with Gasteiger partial charge in [0, 0.05) is 6.04 Å². The lowest BCUT2D eigenvalue weighted by Gasteiger charge is -2.08. The topological polar surface area (TPSA) is 12.0 Å². The van der Waals surface area contributed by atoms with Gasteiger partial charge in [-0.1, -0.05) is 25.7 Å². The first-order valence-corrected chi connectivity index (χ1v) is 5.68. The van der Waals surface area contributed by atoms with Crippen LogP contribution < -0.4 is 5.32 Å². The molecule has 1 nitrogen and oxygen atoms in total. The predicted octanol–water partition coefficient (Wildman–Crippen LogP) is 2.71. The van der Waals surface area contributed by atoms with Crippen LogP contribution in [0.3, 0.4) is 0 Å². The third-order valence-electron chi connectivity index (χ3n) is 3.27. The summed E-state index contributed by atoms with van der Waals surface area (Å²) in [7, 11) is 0. The zero-order chi connectivity index (χ0) is 8.23. The first kappa shape index (κ1) is 8.55. The van der Waals surface area contributed by atoms with E-state index in [4.69, 9.17) is 0 Å². The van der Waals surface area contributed by atoms with Crippen molar-refractivity contribution in [1.29, 1.82) is 0 Å². The molecule has 0 unspecified atom stereocenters. The van der Waals surface area contributed by atoms with Gasteiger partial charge >= 0.3 is 0 Å². The molecule has 0 aliphatic heterocycles. The average Bonchev–Trinajstić information content (AvgIpc) is 2.76. The zero-order valence-electron chi connectivity index (χ0n) is 8.02. The second-order valence-corrected chi connectivity index (χ2v) is 4.52. The Bertz CT molecular complexity index is 123. The van der Waals surface area contributed by atoms with Crippen molar-refractivity contribution in [2.75, 3.05) is 6.54 Å². The minimum Gasteiger partial charge on any atom is -0.314 e. The van der Waals surface area contributed by atoms with Gasteiger partial charge in [-0.2, -0.15) is 0 Å². The van der Waals surface area contributed by atoms with E-state index in [9.17, 15) is 0 Å². The van der Waals surface area contributed by atoms with E-state index in [-0.39, 0.29) is 0 Å². The number of hydrogen-bond donors (Lipinski definition) is 1. The summed E-state index contributed by atoms with van der Waals surface area (Å²) in [5.74, 6) is 1.09. The van der Waals surface area contributed by atoms with E-state index >= 15 is 0 Å². The highest BCUT2D eigenvalue weighted by molar-refractivity contribution is 4.80. The molecule has 2 saturated carbocycles. The van der Waals surface area contributed by atoms with Crippen LogP contribution in [0.1, 0.15) is 51.4 Å². The Kier molecular flexibility index (Phi) is 3.04. The lowest BCUT2D eigenvalue weighted by Crippen LogP contribution is -2.17. The van der Waals surface area contributed by atoms with Crippen molar-refractivity contribution in [3.8, 4) is 0 Å². The molecule has 0 aromatic heterocycles. The fourth-order valence-corrected chi connectivity index (χ4v) is 2.28. The highest BCUT2D eigenvalue weighted by Crippen LogP contribution is 2.28. The van der Waals surface area contributed by atoms with Gasteiger partial charge in [0.05, 0.1) is 0 Å². The SMILES string of the molecule is C1CCC(CCCNC2CC2)C1. The molecule has 0 bridgehead atoms. The fraction of sp³-hybridized carbons (Fsp3) is 1.00. The van der Waals surface area contributed by atoms with Gasteiger partial charge < -0.3 is 5.32 Å². The molecule has 0 spiro atoms. The molecule has 1 N–H and O–H groups in total. The molecule has 0 radical (unpaired) electrons. The molecule has 2 aliphatic rings. The molecular weight excluding hydrogens is 146 g/mol. The Balaban J connectivity index is 1.44. The minimum absolute atomic E-state index is 0.911. The van der Waals surface area contributed by atoms with Crippen molar-refractivity contribution in [2.24, 2.45) is 5.92 Å². The third-order valence-corrected chi connectivity index (χ3v) is 3.27. The van der Waals surface area contributed by atoms with E-state index in [2.05, 4.69) is 5.32 Å². The molecule has 0 heterocycles. The Hall–Kier alpha value is -0.0400. The first-order chi connectivity index (χ1) is 5.95. The van der Waals surface area contributed by atoms with Gasteiger partial charge in [-0.3, -0.25) is 0 Å². The van der Waals surface area contributed by atoms with E-state index in [1.807, 2.05) is 0 Å². The van der Waals surface area contributed by atoms with Crippen molar-refractivity contribution in [2.45, 2.75) is 57.4 Å². The lowest BCUT2D eigenvalue weighted by atomic mass is 10.0. The summed E-state index contributed by atoms with van der Waals surface area (Å²) in [5.41, 5.74) is 0. The lowest BCUT2D eigenvalue weighted by molar-refractivity contribution is 0.470. The molecule has 1 heteroatoms. The van der Waals surface area contributed by atoms with Crippen LogP contribution in [-0.2, 0) is 0 Å². The second-order valence-electron chi connectivity index (χ2n) is 4.52. The van der Waals surface area contributed by atoms with Gasteiger partial charge in [-0.05, 0) is 38.1 Å². The third kappa shape index (κ3) is 2.78. The molecule has 0 aromatic carbocycles. The summed E-state index contributed by atoms with van der Waals surface area (Å²) in [6.45, 7) is 1.28. The van der Waals surface area contributed by atoms with Crippen LogP contribution in [-0.4, -0.2) is 12.6 Å². The van der Waals surface area contributed by atoms with E-state index in [0.29, 0.717) is 0 Å². The standard InChI is InChI=1S/C11H21N/c1-2-5-10(4-1)6-3-9-12-11-7-8-11/h10-12H,1-9H2. The Morgan fingerprint density at radius 1 is 1.00 bits per heavy atom. The molecule has 0 saturated heterocycles. The molecule has 2 fully saturated rings. The summed E-state index contributed by atoms with van der Waals surface area (Å²) >= 11 is 0. The van der Waals surface area contributed by atoms with Gasteiger partial charge in [0.2, 0.25) is 0 Å². The molecule has 70 valence electrons.